The number of benzene rings is 3. The fraction of sp³-hybridized carbons (Fsp3) is 0.0455. The highest BCUT2D eigenvalue weighted by Crippen LogP contribution is 2.27. The molecule has 3 N–H and O–H groups in total. The van der Waals surface area contributed by atoms with Crippen molar-refractivity contribution in [2.75, 3.05) is 5.32 Å². The smallest absolute Gasteiger partial charge is 0.211 e. The highest BCUT2D eigenvalue weighted by Gasteiger charge is 2.14. The van der Waals surface area contributed by atoms with Gasteiger partial charge in [-0.25, -0.2) is 4.98 Å². The van der Waals surface area contributed by atoms with Gasteiger partial charge in [-0.1, -0.05) is 54.1 Å². The zero-order valence-electron chi connectivity index (χ0n) is 14.8. The Balaban J connectivity index is 1.78. The summed E-state index contributed by atoms with van der Waals surface area (Å²) >= 11 is 0. The normalized spacial score (nSPS) is 10.7. The van der Waals surface area contributed by atoms with Crippen LogP contribution in [0.5, 0.6) is 0 Å². The number of imidazole rings is 1. The third-order valence-corrected chi connectivity index (χ3v) is 4.50. The van der Waals surface area contributed by atoms with Crippen LogP contribution in [0.3, 0.4) is 0 Å². The molecule has 4 rings (SSSR count). The van der Waals surface area contributed by atoms with E-state index in [1.165, 1.54) is 0 Å². The number of nitrogens with one attached hydrogen (secondary N) is 3. The second-order valence-electron chi connectivity index (χ2n) is 6.37. The summed E-state index contributed by atoms with van der Waals surface area (Å²) in [6, 6.07) is 21.2. The number of H-pyrrole nitrogens is 1. The van der Waals surface area contributed by atoms with E-state index in [1.54, 1.807) is 0 Å². The molecule has 0 bridgehead atoms. The lowest BCUT2D eigenvalue weighted by molar-refractivity contribution is -0.105. The highest BCUT2D eigenvalue weighted by atomic mass is 16.1. The number of hydrogen-bond donors (Lipinski definition) is 3. The maximum absolute atomic E-state index is 10.6. The molecule has 1 heterocycles. The molecule has 4 aromatic rings. The lowest BCUT2D eigenvalue weighted by atomic mass is 9.97. The summed E-state index contributed by atoms with van der Waals surface area (Å²) in [5.41, 5.74) is 6.48. The van der Waals surface area contributed by atoms with Crippen LogP contribution in [0.2, 0.25) is 0 Å². The van der Waals surface area contributed by atoms with E-state index < -0.39 is 0 Å². The van der Waals surface area contributed by atoms with Gasteiger partial charge in [0.2, 0.25) is 6.41 Å². The highest BCUT2D eigenvalue weighted by molar-refractivity contribution is 6.14. The Morgan fingerprint density at radius 2 is 1.85 bits per heavy atom. The van der Waals surface area contributed by atoms with Gasteiger partial charge in [-0.05, 0) is 25.1 Å². The van der Waals surface area contributed by atoms with Crippen LogP contribution < -0.4 is 5.32 Å². The van der Waals surface area contributed by atoms with Crippen molar-refractivity contribution in [3.05, 3.63) is 83.4 Å². The van der Waals surface area contributed by atoms with Crippen LogP contribution in [0.25, 0.3) is 22.4 Å². The first-order valence-corrected chi connectivity index (χ1v) is 8.61. The second kappa shape index (κ2) is 6.88. The minimum atomic E-state index is 0.453. The number of anilines is 1. The van der Waals surface area contributed by atoms with Gasteiger partial charge in [0.1, 0.15) is 5.82 Å². The van der Waals surface area contributed by atoms with Gasteiger partial charge in [-0.2, -0.15) is 0 Å². The van der Waals surface area contributed by atoms with Crippen molar-refractivity contribution in [3.8, 4) is 11.4 Å². The Kier molecular flexibility index (Phi) is 4.26. The summed E-state index contributed by atoms with van der Waals surface area (Å²) < 4.78 is 0. The zero-order valence-corrected chi connectivity index (χ0v) is 14.8. The number of fused-ring (bicyclic) bond motifs is 1. The molecule has 0 aliphatic carbocycles. The molecule has 0 aliphatic rings. The molecule has 0 fully saturated rings. The van der Waals surface area contributed by atoms with Gasteiger partial charge in [0.05, 0.1) is 16.7 Å². The molecule has 1 aromatic heterocycles. The van der Waals surface area contributed by atoms with Gasteiger partial charge in [-0.3, -0.25) is 10.2 Å². The fourth-order valence-electron chi connectivity index (χ4n) is 3.07. The van der Waals surface area contributed by atoms with Crippen molar-refractivity contribution in [2.24, 2.45) is 0 Å². The monoisotopic (exact) mass is 354 g/mol. The summed E-state index contributed by atoms with van der Waals surface area (Å²) in [4.78, 5) is 18.6. The average Bonchev–Trinajstić information content (AvgIpc) is 3.11. The molecule has 1 amide bonds. The molecule has 0 spiro atoms. The predicted molar refractivity (Wildman–Crippen MR) is 108 cm³/mol. The van der Waals surface area contributed by atoms with Gasteiger partial charge >= 0.3 is 0 Å². The van der Waals surface area contributed by atoms with E-state index in [1.807, 2.05) is 73.7 Å². The van der Waals surface area contributed by atoms with Crippen LogP contribution in [-0.4, -0.2) is 22.1 Å². The van der Waals surface area contributed by atoms with E-state index in [4.69, 9.17) is 5.41 Å². The van der Waals surface area contributed by atoms with Crippen molar-refractivity contribution in [1.82, 2.24) is 9.97 Å². The Morgan fingerprint density at radius 3 is 2.63 bits per heavy atom. The first-order valence-electron chi connectivity index (χ1n) is 8.61. The number of carbonyl (C=O) groups excluding carboxylic acids is 1. The van der Waals surface area contributed by atoms with Crippen molar-refractivity contribution >= 4 is 28.8 Å². The first kappa shape index (κ1) is 16.7. The molecule has 0 aliphatic heterocycles. The first-order chi connectivity index (χ1) is 13.2. The SMILES string of the molecule is Cc1ccc(C(=N)c2ccccc2-c2nc3cc(NC=O)ccc3[nH]2)cc1. The summed E-state index contributed by atoms with van der Waals surface area (Å²) in [6.07, 6.45) is 0.646. The molecule has 5 nitrogen and oxygen atoms in total. The van der Waals surface area contributed by atoms with Gasteiger partial charge < -0.3 is 10.3 Å². The number of rotatable bonds is 5. The molecule has 0 saturated heterocycles. The van der Waals surface area contributed by atoms with Crippen molar-refractivity contribution in [1.29, 1.82) is 5.41 Å². The maximum Gasteiger partial charge on any atom is 0.211 e. The average molecular weight is 354 g/mol. The van der Waals surface area contributed by atoms with Crippen LogP contribution in [-0.2, 0) is 4.79 Å². The number of aromatic nitrogens is 2. The molecule has 3 aromatic carbocycles. The summed E-state index contributed by atoms with van der Waals surface area (Å²) in [6.45, 7) is 2.03. The van der Waals surface area contributed by atoms with Crippen LogP contribution in [0, 0.1) is 12.3 Å². The number of amides is 1. The van der Waals surface area contributed by atoms with E-state index in [0.29, 0.717) is 23.6 Å². The molecule has 132 valence electrons. The maximum atomic E-state index is 10.6. The molecule has 0 radical (unpaired) electrons. The van der Waals surface area contributed by atoms with Crippen LogP contribution in [0.4, 0.5) is 5.69 Å². The predicted octanol–water partition coefficient (Wildman–Crippen LogP) is 4.52. The number of hydrogen-bond acceptors (Lipinski definition) is 3. The number of aromatic amines is 1. The van der Waals surface area contributed by atoms with E-state index in [-0.39, 0.29) is 0 Å². The van der Waals surface area contributed by atoms with E-state index in [0.717, 1.165) is 33.3 Å². The Morgan fingerprint density at radius 1 is 1.07 bits per heavy atom. The molecule has 27 heavy (non-hydrogen) atoms. The number of carbonyl (C=O) groups is 1. The third kappa shape index (κ3) is 3.22. The Labute approximate surface area is 156 Å². The van der Waals surface area contributed by atoms with Gasteiger partial charge in [0.15, 0.2) is 0 Å². The van der Waals surface area contributed by atoms with Crippen molar-refractivity contribution in [2.45, 2.75) is 6.92 Å². The van der Waals surface area contributed by atoms with Crippen molar-refractivity contribution < 1.29 is 4.79 Å². The molecule has 5 heteroatoms. The largest absolute Gasteiger partial charge is 0.338 e. The molecule has 0 atom stereocenters. The van der Waals surface area contributed by atoms with Crippen LogP contribution >= 0.6 is 0 Å². The minimum Gasteiger partial charge on any atom is -0.338 e. The van der Waals surface area contributed by atoms with E-state index in [2.05, 4.69) is 15.3 Å². The summed E-state index contributed by atoms with van der Waals surface area (Å²) in [5.74, 6) is 0.695. The quantitative estimate of drug-likeness (QED) is 0.364. The molecular formula is C22H18N4O. The summed E-state index contributed by atoms with van der Waals surface area (Å²) in [7, 11) is 0. The second-order valence-corrected chi connectivity index (χ2v) is 6.37. The fourth-order valence-corrected chi connectivity index (χ4v) is 3.07. The third-order valence-electron chi connectivity index (χ3n) is 4.50. The zero-order chi connectivity index (χ0) is 18.8. The van der Waals surface area contributed by atoms with Gasteiger partial charge in [0.25, 0.3) is 0 Å². The van der Waals surface area contributed by atoms with Gasteiger partial charge in [-0.15, -0.1) is 0 Å². The number of aryl methyl sites for hydroxylation is 1. The topological polar surface area (TPSA) is 81.6 Å². The van der Waals surface area contributed by atoms with Gasteiger partial charge in [0, 0.05) is 22.4 Å². The Hall–Kier alpha value is -3.73. The summed E-state index contributed by atoms with van der Waals surface area (Å²) in [5, 5.41) is 11.3. The lowest BCUT2D eigenvalue weighted by Crippen LogP contribution is -2.04. The Bertz CT molecular complexity index is 1140. The number of nitrogens with zero attached hydrogens (tertiary/aromatic N) is 1. The van der Waals surface area contributed by atoms with Crippen molar-refractivity contribution in [3.63, 3.8) is 0 Å². The van der Waals surface area contributed by atoms with E-state index in [9.17, 15) is 4.79 Å². The standard InChI is InChI=1S/C22H18N4O/c1-14-6-8-15(9-7-14)21(23)17-4-2-3-5-18(17)22-25-19-11-10-16(24-13-27)12-20(19)26-22/h2-13,23H,1H3,(H,24,27)(H,25,26). The molecule has 0 unspecified atom stereocenters. The minimum absolute atomic E-state index is 0.453. The van der Waals surface area contributed by atoms with E-state index >= 15 is 0 Å². The molecular weight excluding hydrogens is 336 g/mol. The molecule has 0 saturated carbocycles. The lowest BCUT2D eigenvalue weighted by Gasteiger charge is -2.09. The van der Waals surface area contributed by atoms with Crippen LogP contribution in [0.1, 0.15) is 16.7 Å². The van der Waals surface area contributed by atoms with Crippen LogP contribution in [0.15, 0.2) is 66.7 Å².